The monoisotopic (exact) mass is 640 g/mol. The summed E-state index contributed by atoms with van der Waals surface area (Å²) < 4.78 is 7.01. The Morgan fingerprint density at radius 3 is 1.92 bits per heavy atom. The van der Waals surface area contributed by atoms with Crippen LogP contribution >= 0.6 is 11.3 Å². The lowest BCUT2D eigenvalue weighted by Gasteiger charge is -2.16. The minimum atomic E-state index is 0.616. The molecule has 0 N–H and O–H groups in total. The first-order chi connectivity index (χ1) is 24.2. The fourth-order valence-electron chi connectivity index (χ4n) is 7.75. The van der Waals surface area contributed by atoms with Crippen molar-refractivity contribution in [2.75, 3.05) is 0 Å². The lowest BCUT2D eigenvalue weighted by Crippen LogP contribution is -1.99. The number of hydrogen-bond acceptors (Lipinski definition) is 3. The van der Waals surface area contributed by atoms with Crippen molar-refractivity contribution in [2.24, 2.45) is 0 Å². The van der Waals surface area contributed by atoms with Gasteiger partial charge in [-0.25, -0.2) is 0 Å². The molecule has 7 aromatic carbocycles. The van der Waals surface area contributed by atoms with Crippen molar-refractivity contribution in [3.8, 4) is 34.6 Å². The Balaban J connectivity index is 1.33. The van der Waals surface area contributed by atoms with Crippen LogP contribution in [0.5, 0.6) is 0 Å². The first-order valence-corrected chi connectivity index (χ1v) is 17.0. The van der Waals surface area contributed by atoms with E-state index < -0.39 is 0 Å². The molecule has 10 rings (SSSR count). The van der Waals surface area contributed by atoms with Gasteiger partial charge >= 0.3 is 0 Å². The summed E-state index contributed by atoms with van der Waals surface area (Å²) >= 11 is 1.80. The molecule has 0 bridgehead atoms. The Labute approximate surface area is 285 Å². The molecule has 0 aliphatic heterocycles. The smallest absolute Gasteiger partial charge is 0.0998 e. The van der Waals surface area contributed by atoms with Crippen molar-refractivity contribution >= 4 is 75.1 Å². The largest absolute Gasteiger partial charge is 0.309 e. The normalized spacial score (nSPS) is 11.6. The highest BCUT2D eigenvalue weighted by atomic mass is 32.1. The van der Waals surface area contributed by atoms with Gasteiger partial charge in [0, 0.05) is 53.8 Å². The number of nitriles is 2. The van der Waals surface area contributed by atoms with Gasteiger partial charge in [-0.15, -0.1) is 11.3 Å². The summed E-state index contributed by atoms with van der Waals surface area (Å²) in [6, 6.07) is 55.2. The van der Waals surface area contributed by atoms with Gasteiger partial charge in [-0.2, -0.15) is 10.5 Å². The Bertz CT molecular complexity index is 3070. The standard InChI is InChI=1S/C44H24N4S/c45-25-27-20-23-39-36(24-27)31-14-5-7-18-38(31)48(39)40-19-8-10-28(26-46)41(40)35-16-9-15-33-34-22-21-32-30-13-4-6-17-37(30)47(29-11-2-1-3-12-29)42(32)44(34)49-43(33)35/h1-24H. The van der Waals surface area contributed by atoms with Gasteiger partial charge < -0.3 is 9.13 Å². The lowest BCUT2D eigenvalue weighted by molar-refractivity contribution is 1.18. The van der Waals surface area contributed by atoms with Gasteiger partial charge in [0.2, 0.25) is 0 Å². The van der Waals surface area contributed by atoms with Crippen molar-refractivity contribution in [3.05, 3.63) is 157 Å². The van der Waals surface area contributed by atoms with Gasteiger partial charge in [-0.3, -0.25) is 0 Å². The summed E-state index contributed by atoms with van der Waals surface area (Å²) in [5.74, 6) is 0. The van der Waals surface area contributed by atoms with Gasteiger partial charge in [-0.1, -0.05) is 91.0 Å². The molecule has 4 nitrogen and oxygen atoms in total. The third kappa shape index (κ3) is 3.82. The predicted octanol–water partition coefficient (Wildman–Crippen LogP) is 11.7. The molecule has 3 heterocycles. The van der Waals surface area contributed by atoms with Crippen LogP contribution in [0, 0.1) is 22.7 Å². The van der Waals surface area contributed by atoms with Crippen molar-refractivity contribution in [2.45, 2.75) is 0 Å². The molecule has 0 aliphatic rings. The average molecular weight is 641 g/mol. The third-order valence-corrected chi connectivity index (χ3v) is 11.1. The molecular weight excluding hydrogens is 617 g/mol. The molecular formula is C44H24N4S. The van der Waals surface area contributed by atoms with E-state index in [0.29, 0.717) is 11.1 Å². The molecule has 3 aromatic heterocycles. The SMILES string of the molecule is N#Cc1ccc2c(c1)c1ccccc1n2-c1cccc(C#N)c1-c1cccc2c1sc1c2ccc2c3ccccc3n(-c3ccccc3)c21. The first kappa shape index (κ1) is 27.5. The van der Waals surface area contributed by atoms with Gasteiger partial charge in [0.1, 0.15) is 0 Å². The summed E-state index contributed by atoms with van der Waals surface area (Å²) in [5, 5.41) is 27.2. The van der Waals surface area contributed by atoms with Crippen LogP contribution in [0.1, 0.15) is 11.1 Å². The molecule has 5 heteroatoms. The van der Waals surface area contributed by atoms with Gasteiger partial charge in [0.25, 0.3) is 0 Å². The van der Waals surface area contributed by atoms with E-state index in [1.165, 1.54) is 37.3 Å². The molecule has 226 valence electrons. The zero-order valence-electron chi connectivity index (χ0n) is 26.1. The second kappa shape index (κ2) is 10.4. The van der Waals surface area contributed by atoms with E-state index >= 15 is 0 Å². The van der Waals surface area contributed by atoms with Crippen LogP contribution in [-0.2, 0) is 0 Å². The minimum absolute atomic E-state index is 0.616. The lowest BCUT2D eigenvalue weighted by atomic mass is 9.96. The Hall–Kier alpha value is -6.66. The van der Waals surface area contributed by atoms with Crippen LogP contribution in [0.4, 0.5) is 0 Å². The van der Waals surface area contributed by atoms with Crippen LogP contribution in [0.2, 0.25) is 0 Å². The summed E-state index contributed by atoms with van der Waals surface area (Å²) in [6.07, 6.45) is 0. The molecule has 0 radical (unpaired) electrons. The summed E-state index contributed by atoms with van der Waals surface area (Å²) in [5.41, 5.74) is 9.62. The molecule has 10 aromatic rings. The van der Waals surface area contributed by atoms with Crippen molar-refractivity contribution in [1.82, 2.24) is 9.13 Å². The van der Waals surface area contributed by atoms with E-state index in [4.69, 9.17) is 0 Å². The summed E-state index contributed by atoms with van der Waals surface area (Å²) in [6.45, 7) is 0. The van der Waals surface area contributed by atoms with Crippen LogP contribution in [0.15, 0.2) is 146 Å². The van der Waals surface area contributed by atoms with Crippen molar-refractivity contribution in [3.63, 3.8) is 0 Å². The highest BCUT2D eigenvalue weighted by Crippen LogP contribution is 2.47. The van der Waals surface area contributed by atoms with Crippen molar-refractivity contribution < 1.29 is 0 Å². The molecule has 0 atom stereocenters. The number of fused-ring (bicyclic) bond motifs is 10. The second-order valence-electron chi connectivity index (χ2n) is 12.3. The maximum atomic E-state index is 10.6. The van der Waals surface area contributed by atoms with Crippen LogP contribution in [-0.4, -0.2) is 9.13 Å². The maximum absolute atomic E-state index is 10.6. The quantitative estimate of drug-likeness (QED) is 0.193. The summed E-state index contributed by atoms with van der Waals surface area (Å²) in [7, 11) is 0. The van der Waals surface area contributed by atoms with Crippen LogP contribution in [0.3, 0.4) is 0 Å². The number of thiophene rings is 1. The molecule has 0 saturated carbocycles. The molecule has 49 heavy (non-hydrogen) atoms. The second-order valence-corrected chi connectivity index (χ2v) is 13.3. The molecule has 0 aliphatic carbocycles. The van der Waals surface area contributed by atoms with Gasteiger partial charge in [0.05, 0.1) is 55.7 Å². The Morgan fingerprint density at radius 2 is 1.12 bits per heavy atom. The van der Waals surface area contributed by atoms with E-state index in [-0.39, 0.29) is 0 Å². The van der Waals surface area contributed by atoms with Crippen LogP contribution in [0.25, 0.3) is 86.3 Å². The van der Waals surface area contributed by atoms with Crippen LogP contribution < -0.4 is 0 Å². The third-order valence-electron chi connectivity index (χ3n) is 9.79. The van der Waals surface area contributed by atoms with Gasteiger partial charge in [0.15, 0.2) is 0 Å². The number of rotatable bonds is 3. The molecule has 0 amide bonds. The number of para-hydroxylation sites is 3. The predicted molar refractivity (Wildman–Crippen MR) is 203 cm³/mol. The molecule has 0 spiro atoms. The van der Waals surface area contributed by atoms with E-state index in [2.05, 4.69) is 124 Å². The Kier molecular flexibility index (Phi) is 5.84. The van der Waals surface area contributed by atoms with Crippen molar-refractivity contribution in [1.29, 1.82) is 10.5 Å². The fourth-order valence-corrected chi connectivity index (χ4v) is 9.11. The number of hydrogen-bond donors (Lipinski definition) is 0. The van der Waals surface area contributed by atoms with E-state index in [1.54, 1.807) is 11.3 Å². The zero-order chi connectivity index (χ0) is 32.6. The first-order valence-electron chi connectivity index (χ1n) is 16.1. The number of aromatic nitrogens is 2. The number of nitrogens with zero attached hydrogens (tertiary/aromatic N) is 4. The highest BCUT2D eigenvalue weighted by Gasteiger charge is 2.23. The topological polar surface area (TPSA) is 57.4 Å². The fraction of sp³-hybridized carbons (Fsp3) is 0. The molecule has 0 fully saturated rings. The number of benzene rings is 7. The highest BCUT2D eigenvalue weighted by molar-refractivity contribution is 7.27. The van der Waals surface area contributed by atoms with E-state index in [1.807, 2.05) is 42.5 Å². The zero-order valence-corrected chi connectivity index (χ0v) is 26.9. The van der Waals surface area contributed by atoms with Gasteiger partial charge in [-0.05, 0) is 54.6 Å². The summed E-state index contributed by atoms with van der Waals surface area (Å²) in [4.78, 5) is 0. The minimum Gasteiger partial charge on any atom is -0.309 e. The van der Waals surface area contributed by atoms with E-state index in [9.17, 15) is 10.5 Å². The average Bonchev–Trinajstić information content (AvgIpc) is 3.82. The maximum Gasteiger partial charge on any atom is 0.0998 e. The van der Waals surface area contributed by atoms with E-state index in [0.717, 1.165) is 49.0 Å². The molecule has 0 saturated heterocycles. The molecule has 0 unspecified atom stereocenters. The Morgan fingerprint density at radius 1 is 0.469 bits per heavy atom.